The maximum Gasteiger partial charge on any atom is 0.230 e. The van der Waals surface area contributed by atoms with Crippen molar-refractivity contribution in [2.45, 2.75) is 19.6 Å². The van der Waals surface area contributed by atoms with Crippen molar-refractivity contribution >= 4 is 11.9 Å². The predicted molar refractivity (Wildman–Crippen MR) is 127 cm³/mol. The Hall–Kier alpha value is -3.41. The molecule has 3 aromatic rings. The van der Waals surface area contributed by atoms with Crippen LogP contribution in [0.5, 0.6) is 0 Å². The number of aromatic amines is 1. The second-order valence-corrected chi connectivity index (χ2v) is 8.84. The molecule has 4 rings (SSSR count). The Kier molecular flexibility index (Phi) is 7.39. The van der Waals surface area contributed by atoms with E-state index in [1.54, 1.807) is 36.2 Å². The number of nitrogens with one attached hydrogen (secondary N) is 2. The minimum atomic E-state index is -0.867. The van der Waals surface area contributed by atoms with Crippen LogP contribution >= 0.6 is 0 Å². The molecule has 1 fully saturated rings. The van der Waals surface area contributed by atoms with Gasteiger partial charge in [-0.25, -0.2) is 19.3 Å². The lowest BCUT2D eigenvalue weighted by Crippen LogP contribution is -2.48. The SMILES string of the molecule is CN(C)c1nccc(-c2[nH]c(C3OCC(C)(C(=O)NCCCO)CO3)nc2-c2ccc(F)cc2)n1. The van der Waals surface area contributed by atoms with E-state index in [-0.39, 0.29) is 31.5 Å². The van der Waals surface area contributed by atoms with E-state index in [0.717, 1.165) is 0 Å². The molecular formula is C24H29FN6O4. The van der Waals surface area contributed by atoms with E-state index in [1.165, 1.54) is 12.1 Å². The van der Waals surface area contributed by atoms with E-state index in [9.17, 15) is 9.18 Å². The predicted octanol–water partition coefficient (Wildman–Crippen LogP) is 2.29. The molecule has 1 aromatic carbocycles. The molecule has 0 unspecified atom stereocenters. The van der Waals surface area contributed by atoms with Crippen LogP contribution in [-0.2, 0) is 14.3 Å². The van der Waals surface area contributed by atoms with Gasteiger partial charge in [-0.2, -0.15) is 0 Å². The summed E-state index contributed by atoms with van der Waals surface area (Å²) in [6.45, 7) is 2.40. The van der Waals surface area contributed by atoms with Crippen molar-refractivity contribution in [3.63, 3.8) is 0 Å². The van der Waals surface area contributed by atoms with Gasteiger partial charge < -0.3 is 29.8 Å². The fourth-order valence-corrected chi connectivity index (χ4v) is 3.60. The fraction of sp³-hybridized carbons (Fsp3) is 0.417. The van der Waals surface area contributed by atoms with E-state index < -0.39 is 11.7 Å². The first-order valence-corrected chi connectivity index (χ1v) is 11.3. The number of amides is 1. The Morgan fingerprint density at radius 3 is 2.60 bits per heavy atom. The molecule has 0 spiro atoms. The van der Waals surface area contributed by atoms with E-state index in [1.807, 2.05) is 14.1 Å². The van der Waals surface area contributed by atoms with Crippen LogP contribution in [0.25, 0.3) is 22.6 Å². The van der Waals surface area contributed by atoms with Crippen molar-refractivity contribution in [1.29, 1.82) is 0 Å². The van der Waals surface area contributed by atoms with Gasteiger partial charge in [0.25, 0.3) is 0 Å². The zero-order chi connectivity index (χ0) is 25.0. The molecule has 0 aliphatic carbocycles. The number of ether oxygens (including phenoxy) is 2. The number of halogens is 1. The van der Waals surface area contributed by atoms with Gasteiger partial charge in [-0.05, 0) is 43.7 Å². The average molecular weight is 485 g/mol. The van der Waals surface area contributed by atoms with Crippen LogP contribution in [0.1, 0.15) is 25.5 Å². The third-order valence-corrected chi connectivity index (χ3v) is 5.64. The number of carbonyl (C=O) groups is 1. The van der Waals surface area contributed by atoms with Crippen LogP contribution in [0.3, 0.4) is 0 Å². The van der Waals surface area contributed by atoms with Crippen LogP contribution in [0, 0.1) is 11.2 Å². The van der Waals surface area contributed by atoms with Gasteiger partial charge in [0.15, 0.2) is 5.82 Å². The molecule has 11 heteroatoms. The summed E-state index contributed by atoms with van der Waals surface area (Å²) in [6.07, 6.45) is 1.31. The van der Waals surface area contributed by atoms with Gasteiger partial charge in [0.2, 0.25) is 18.1 Å². The highest BCUT2D eigenvalue weighted by Crippen LogP contribution is 2.35. The maximum atomic E-state index is 13.6. The summed E-state index contributed by atoms with van der Waals surface area (Å²) in [5.74, 6) is 0.385. The normalized spacial score (nSPS) is 20.0. The van der Waals surface area contributed by atoms with Gasteiger partial charge in [-0.1, -0.05) is 0 Å². The van der Waals surface area contributed by atoms with Gasteiger partial charge >= 0.3 is 0 Å². The molecule has 35 heavy (non-hydrogen) atoms. The molecule has 1 aliphatic heterocycles. The minimum Gasteiger partial charge on any atom is -0.396 e. The van der Waals surface area contributed by atoms with E-state index in [4.69, 9.17) is 19.6 Å². The highest BCUT2D eigenvalue weighted by Gasteiger charge is 2.40. The molecular weight excluding hydrogens is 455 g/mol. The van der Waals surface area contributed by atoms with E-state index >= 15 is 0 Å². The number of H-pyrrole nitrogens is 1. The first-order chi connectivity index (χ1) is 16.8. The third-order valence-electron chi connectivity index (χ3n) is 5.64. The molecule has 1 saturated heterocycles. The quantitative estimate of drug-likeness (QED) is 0.416. The molecule has 0 atom stereocenters. The largest absolute Gasteiger partial charge is 0.396 e. The van der Waals surface area contributed by atoms with Crippen molar-refractivity contribution in [3.05, 3.63) is 48.2 Å². The number of aromatic nitrogens is 4. The lowest BCUT2D eigenvalue weighted by molar-refractivity contribution is -0.231. The lowest BCUT2D eigenvalue weighted by Gasteiger charge is -2.35. The summed E-state index contributed by atoms with van der Waals surface area (Å²) in [4.78, 5) is 31.2. The van der Waals surface area contributed by atoms with Crippen molar-refractivity contribution in [3.8, 4) is 22.6 Å². The summed E-state index contributed by atoms with van der Waals surface area (Å²) >= 11 is 0. The first kappa shape index (κ1) is 24.7. The topological polar surface area (TPSA) is 125 Å². The lowest BCUT2D eigenvalue weighted by atomic mass is 9.91. The summed E-state index contributed by atoms with van der Waals surface area (Å²) in [7, 11) is 3.69. The Bertz CT molecular complexity index is 1160. The highest BCUT2D eigenvalue weighted by atomic mass is 19.1. The molecule has 186 valence electrons. The van der Waals surface area contributed by atoms with Crippen LogP contribution in [0.4, 0.5) is 10.3 Å². The van der Waals surface area contributed by atoms with Crippen LogP contribution in [0.2, 0.25) is 0 Å². The van der Waals surface area contributed by atoms with E-state index in [2.05, 4.69) is 20.3 Å². The Labute approximate surface area is 202 Å². The molecule has 0 bridgehead atoms. The summed E-state index contributed by atoms with van der Waals surface area (Å²) in [5.41, 5.74) is 1.60. The number of aliphatic hydroxyl groups is 1. The number of anilines is 1. The smallest absolute Gasteiger partial charge is 0.230 e. The van der Waals surface area contributed by atoms with Gasteiger partial charge in [0.1, 0.15) is 5.82 Å². The molecule has 0 saturated carbocycles. The third kappa shape index (κ3) is 5.47. The zero-order valence-corrected chi connectivity index (χ0v) is 19.9. The molecule has 1 amide bonds. The zero-order valence-electron chi connectivity index (χ0n) is 19.9. The van der Waals surface area contributed by atoms with Crippen LogP contribution in [0.15, 0.2) is 36.5 Å². The van der Waals surface area contributed by atoms with Crippen LogP contribution in [-0.4, -0.2) is 71.4 Å². The van der Waals surface area contributed by atoms with Crippen molar-refractivity contribution in [1.82, 2.24) is 25.3 Å². The van der Waals surface area contributed by atoms with E-state index in [0.29, 0.717) is 47.4 Å². The summed E-state index contributed by atoms with van der Waals surface area (Å²) in [6, 6.07) is 7.78. The molecule has 0 radical (unpaired) electrons. The number of nitrogens with zero attached hydrogens (tertiary/aromatic N) is 4. The van der Waals surface area contributed by atoms with Crippen LogP contribution < -0.4 is 10.2 Å². The summed E-state index contributed by atoms with van der Waals surface area (Å²) in [5, 5.41) is 11.7. The van der Waals surface area contributed by atoms with Gasteiger partial charge in [-0.3, -0.25) is 4.79 Å². The number of hydrogen-bond donors (Lipinski definition) is 3. The standard InChI is InChI=1S/C24H29FN6O4/c1-24(22(33)26-10-4-12-32)13-34-21(35-14-24)20-29-18(15-5-7-16(25)8-6-15)19(30-20)17-9-11-27-23(28-17)31(2)3/h5-9,11,21,32H,4,10,12-14H2,1-3H3,(H,26,33)(H,29,30). The summed E-state index contributed by atoms with van der Waals surface area (Å²) < 4.78 is 25.4. The molecule has 1 aliphatic rings. The van der Waals surface area contributed by atoms with Crippen molar-refractivity contribution in [2.24, 2.45) is 5.41 Å². The molecule has 10 nitrogen and oxygen atoms in total. The average Bonchev–Trinajstić information content (AvgIpc) is 3.30. The molecule has 2 aromatic heterocycles. The fourth-order valence-electron chi connectivity index (χ4n) is 3.60. The van der Waals surface area contributed by atoms with Gasteiger partial charge in [0, 0.05) is 39.0 Å². The monoisotopic (exact) mass is 484 g/mol. The highest BCUT2D eigenvalue weighted by molar-refractivity contribution is 5.82. The van der Waals surface area contributed by atoms with Crippen molar-refractivity contribution < 1.29 is 23.8 Å². The van der Waals surface area contributed by atoms with Crippen molar-refractivity contribution in [2.75, 3.05) is 45.4 Å². The molecule has 3 heterocycles. The minimum absolute atomic E-state index is 0.00561. The number of hydrogen-bond acceptors (Lipinski definition) is 8. The number of carbonyl (C=O) groups excluding carboxylic acids is 1. The Morgan fingerprint density at radius 1 is 1.23 bits per heavy atom. The first-order valence-electron chi connectivity index (χ1n) is 11.3. The Balaban J connectivity index is 1.61. The number of rotatable bonds is 8. The second kappa shape index (κ2) is 10.5. The number of imidazole rings is 1. The van der Waals surface area contributed by atoms with Gasteiger partial charge in [-0.15, -0.1) is 0 Å². The van der Waals surface area contributed by atoms with Gasteiger partial charge in [0.05, 0.1) is 35.7 Å². The Morgan fingerprint density at radius 2 is 1.94 bits per heavy atom. The molecule has 3 N–H and O–H groups in total. The second-order valence-electron chi connectivity index (χ2n) is 8.84. The maximum absolute atomic E-state index is 13.6. The number of benzene rings is 1. The number of aliphatic hydroxyl groups excluding tert-OH is 1.